The van der Waals surface area contributed by atoms with Gasteiger partial charge in [-0.05, 0) is 30.4 Å². The molecule has 11 heteroatoms. The summed E-state index contributed by atoms with van der Waals surface area (Å²) in [5, 5.41) is 27.8. The molecule has 0 saturated heterocycles. The molecule has 6 rings (SSSR count). The number of hydrogen-bond acceptors (Lipinski definition) is 10. The molecule has 3 aromatic rings. The molecule has 3 aliphatic rings. The fraction of sp³-hybridized carbons (Fsp3) is 0.286. The molecule has 10 nitrogen and oxygen atoms in total. The van der Waals surface area contributed by atoms with Gasteiger partial charge in [0.25, 0.3) is 0 Å². The fourth-order valence-electron chi connectivity index (χ4n) is 6.23. The number of amides is 1. The Morgan fingerprint density at radius 3 is 2.51 bits per heavy atom. The Labute approximate surface area is 225 Å². The Morgan fingerprint density at radius 1 is 1.05 bits per heavy atom. The highest BCUT2D eigenvalue weighted by Gasteiger charge is 2.66. The van der Waals surface area contributed by atoms with Crippen molar-refractivity contribution in [1.82, 2.24) is 4.98 Å². The number of nitrogens with one attached hydrogen (secondary N) is 1. The molecular weight excluding hydrogens is 522 g/mol. The van der Waals surface area contributed by atoms with E-state index in [1.165, 1.54) is 11.3 Å². The maximum atomic E-state index is 13.7. The molecule has 0 aliphatic heterocycles. The zero-order chi connectivity index (χ0) is 27.6. The van der Waals surface area contributed by atoms with Crippen molar-refractivity contribution in [2.75, 3.05) is 5.32 Å². The molecule has 2 fully saturated rings. The molecule has 198 valence electrons. The summed E-state index contributed by atoms with van der Waals surface area (Å²) in [6, 6.07) is 12.8. The number of carbonyl (C=O) groups excluding carboxylic acids is 5. The third-order valence-electron chi connectivity index (χ3n) is 8.09. The largest absolute Gasteiger partial charge is 0.505 e. The zero-order valence-electron chi connectivity index (χ0n) is 20.4. The van der Waals surface area contributed by atoms with Crippen molar-refractivity contribution < 1.29 is 34.2 Å². The van der Waals surface area contributed by atoms with E-state index in [-0.39, 0.29) is 36.3 Å². The Balaban J connectivity index is 1.32. The van der Waals surface area contributed by atoms with Crippen molar-refractivity contribution in [3.05, 3.63) is 59.0 Å². The second-order valence-electron chi connectivity index (χ2n) is 10.3. The summed E-state index contributed by atoms with van der Waals surface area (Å²) < 4.78 is 0. The number of aromatic hydroxyl groups is 1. The maximum Gasteiger partial charge on any atom is 0.235 e. The number of ketones is 4. The normalized spacial score (nSPS) is 27.9. The van der Waals surface area contributed by atoms with Gasteiger partial charge in [0, 0.05) is 23.3 Å². The predicted octanol–water partition coefficient (Wildman–Crippen LogP) is 2.19. The van der Waals surface area contributed by atoms with Crippen molar-refractivity contribution in [2.45, 2.75) is 24.9 Å². The number of nitrogens with two attached hydrogens (primary N) is 1. The molecule has 0 radical (unpaired) electrons. The van der Waals surface area contributed by atoms with Crippen LogP contribution < -0.4 is 11.1 Å². The maximum absolute atomic E-state index is 13.7. The number of thiazole rings is 1. The van der Waals surface area contributed by atoms with Crippen LogP contribution in [0.1, 0.15) is 28.8 Å². The average molecular weight is 546 g/mol. The van der Waals surface area contributed by atoms with Crippen LogP contribution in [0.2, 0.25) is 0 Å². The standard InChI is InChI=1S/C28H23N3O7S/c29-26(37)21-18(32)10-15-9-14-8-13-6-7-16(30-27-31-17(11-39-27)12-4-2-1-3-5-12)22(33)19(13)23(34)20(14)24(35)28(15,38)25(21)36/h1-7,11,14-15,20-21,33,38H,8-10H2,(H2,29,37)(H,30,31)/t14-,15-,20?,21?,28-/m0/s1. The molecule has 0 bridgehead atoms. The van der Waals surface area contributed by atoms with E-state index in [2.05, 4.69) is 10.3 Å². The number of primary amides is 1. The van der Waals surface area contributed by atoms with Crippen LogP contribution in [0, 0.1) is 23.7 Å². The molecule has 1 aromatic heterocycles. The summed E-state index contributed by atoms with van der Waals surface area (Å²) in [6.07, 6.45) is -0.0725. The van der Waals surface area contributed by atoms with E-state index in [1.807, 2.05) is 35.7 Å². The SMILES string of the molecule is NC(=O)C1C(=O)C[C@@H]2C[C@@H]3Cc4ccc(Nc5nc(-c6ccccc6)cs5)c(O)c4C(=O)C3C(=O)[C@]2(O)C1=O. The number of hydrogen-bond donors (Lipinski definition) is 4. The van der Waals surface area contributed by atoms with Crippen LogP contribution in [0.15, 0.2) is 47.8 Å². The molecule has 2 saturated carbocycles. The molecule has 5 atom stereocenters. The number of Topliss-reactive ketones (excluding diaryl/α,β-unsaturated/α-hetero) is 4. The van der Waals surface area contributed by atoms with Gasteiger partial charge in [0.1, 0.15) is 5.75 Å². The first kappa shape index (κ1) is 25.1. The topological polar surface area (TPSA) is 177 Å². The van der Waals surface area contributed by atoms with Gasteiger partial charge in [-0.3, -0.25) is 24.0 Å². The summed E-state index contributed by atoms with van der Waals surface area (Å²) in [5.74, 6) is -10.3. The number of nitrogens with zero attached hydrogens (tertiary/aromatic N) is 1. The zero-order valence-corrected chi connectivity index (χ0v) is 21.2. The number of anilines is 2. The van der Waals surface area contributed by atoms with Crippen molar-refractivity contribution in [3.63, 3.8) is 0 Å². The highest BCUT2D eigenvalue weighted by atomic mass is 32.1. The molecule has 3 aliphatic carbocycles. The minimum Gasteiger partial charge on any atom is -0.505 e. The average Bonchev–Trinajstić information content (AvgIpc) is 3.37. The van der Waals surface area contributed by atoms with Crippen LogP contribution in [-0.4, -0.2) is 49.8 Å². The van der Waals surface area contributed by atoms with Gasteiger partial charge in [-0.2, -0.15) is 0 Å². The van der Waals surface area contributed by atoms with Crippen molar-refractivity contribution in [1.29, 1.82) is 0 Å². The number of benzene rings is 2. The first-order valence-corrected chi connectivity index (χ1v) is 13.3. The summed E-state index contributed by atoms with van der Waals surface area (Å²) in [6.45, 7) is 0. The van der Waals surface area contributed by atoms with Crippen LogP contribution in [0.25, 0.3) is 11.3 Å². The summed E-state index contributed by atoms with van der Waals surface area (Å²) in [5.41, 5.74) is 4.87. The van der Waals surface area contributed by atoms with Gasteiger partial charge in [-0.15, -0.1) is 11.3 Å². The summed E-state index contributed by atoms with van der Waals surface area (Å²) in [7, 11) is 0. The number of phenolic OH excluding ortho intramolecular Hbond substituents is 1. The molecule has 0 spiro atoms. The van der Waals surface area contributed by atoms with Gasteiger partial charge in [-0.25, -0.2) is 4.98 Å². The minimum absolute atomic E-state index is 0.0587. The van der Waals surface area contributed by atoms with E-state index < -0.39 is 58.3 Å². The van der Waals surface area contributed by atoms with E-state index >= 15 is 0 Å². The smallest absolute Gasteiger partial charge is 0.235 e. The van der Waals surface area contributed by atoms with Crippen LogP contribution >= 0.6 is 11.3 Å². The molecule has 2 aromatic carbocycles. The van der Waals surface area contributed by atoms with E-state index in [0.29, 0.717) is 10.7 Å². The molecule has 1 amide bonds. The van der Waals surface area contributed by atoms with Crippen LogP contribution in [0.5, 0.6) is 5.75 Å². The fourth-order valence-corrected chi connectivity index (χ4v) is 6.96. The highest BCUT2D eigenvalue weighted by Crippen LogP contribution is 2.50. The van der Waals surface area contributed by atoms with E-state index in [4.69, 9.17) is 5.73 Å². The molecule has 5 N–H and O–H groups in total. The lowest BCUT2D eigenvalue weighted by molar-refractivity contribution is -0.175. The van der Waals surface area contributed by atoms with Crippen LogP contribution in [0.3, 0.4) is 0 Å². The first-order chi connectivity index (χ1) is 18.6. The van der Waals surface area contributed by atoms with E-state index in [1.54, 1.807) is 12.1 Å². The Morgan fingerprint density at radius 2 is 1.79 bits per heavy atom. The first-order valence-electron chi connectivity index (χ1n) is 12.4. The summed E-state index contributed by atoms with van der Waals surface area (Å²) >= 11 is 1.31. The third kappa shape index (κ3) is 3.72. The number of aromatic nitrogens is 1. The monoisotopic (exact) mass is 545 g/mol. The lowest BCUT2D eigenvalue weighted by Gasteiger charge is -2.48. The van der Waals surface area contributed by atoms with E-state index in [9.17, 15) is 34.2 Å². The molecule has 2 unspecified atom stereocenters. The number of phenols is 1. The highest BCUT2D eigenvalue weighted by molar-refractivity contribution is 7.14. The Hall–Kier alpha value is -4.22. The molecule has 1 heterocycles. The molecular formula is C28H23N3O7S. The second kappa shape index (κ2) is 8.92. The van der Waals surface area contributed by atoms with Crippen molar-refractivity contribution in [3.8, 4) is 17.0 Å². The van der Waals surface area contributed by atoms with Crippen molar-refractivity contribution in [2.24, 2.45) is 29.4 Å². The van der Waals surface area contributed by atoms with Gasteiger partial charge in [0.2, 0.25) is 5.91 Å². The van der Waals surface area contributed by atoms with Gasteiger partial charge >= 0.3 is 0 Å². The number of rotatable bonds is 4. The second-order valence-corrected chi connectivity index (χ2v) is 11.1. The van der Waals surface area contributed by atoms with Gasteiger partial charge < -0.3 is 21.3 Å². The Bertz CT molecular complexity index is 1580. The van der Waals surface area contributed by atoms with Crippen LogP contribution in [0.4, 0.5) is 10.8 Å². The quantitative estimate of drug-likeness (QED) is 0.283. The Kier molecular flexibility index (Phi) is 5.74. The number of aliphatic hydroxyl groups is 1. The van der Waals surface area contributed by atoms with Gasteiger partial charge in [0.05, 0.1) is 22.9 Å². The number of carbonyl (C=O) groups is 5. The lowest BCUT2D eigenvalue weighted by atomic mass is 9.54. The predicted molar refractivity (Wildman–Crippen MR) is 139 cm³/mol. The third-order valence-corrected chi connectivity index (χ3v) is 8.85. The lowest BCUT2D eigenvalue weighted by Crippen LogP contribution is -2.68. The summed E-state index contributed by atoms with van der Waals surface area (Å²) in [4.78, 5) is 69.0. The number of fused-ring (bicyclic) bond motifs is 3. The van der Waals surface area contributed by atoms with Crippen molar-refractivity contribution >= 4 is 51.2 Å². The minimum atomic E-state index is -2.66. The molecule has 39 heavy (non-hydrogen) atoms. The van der Waals surface area contributed by atoms with E-state index in [0.717, 1.165) is 11.3 Å². The van der Waals surface area contributed by atoms with Gasteiger partial charge in [-0.1, -0.05) is 36.4 Å². The van der Waals surface area contributed by atoms with Crippen LogP contribution in [-0.2, 0) is 25.6 Å². The van der Waals surface area contributed by atoms with Gasteiger partial charge in [0.15, 0.2) is 39.8 Å².